The van der Waals surface area contributed by atoms with Crippen LogP contribution in [0.3, 0.4) is 0 Å². The molecule has 0 aromatic carbocycles. The minimum Gasteiger partial charge on any atom is -0.384 e. The Morgan fingerprint density at radius 2 is 2.12 bits per heavy atom. The number of hydrogen-bond donors (Lipinski definition) is 1. The average Bonchev–Trinajstić information content (AvgIpc) is 2.58. The predicted molar refractivity (Wildman–Crippen MR) is 63.0 cm³/mol. The standard InChI is InChI=1S/C12H22N2O2/c1-6-16-11(12(2,3)4)10(15)9-7-8-13-14(9)5/h7-8,10-11,15H,6H2,1-5H3. The zero-order chi connectivity index (χ0) is 12.3. The third-order valence-corrected chi connectivity index (χ3v) is 2.65. The van der Waals surface area contributed by atoms with Gasteiger partial charge in [0, 0.05) is 19.9 Å². The van der Waals surface area contributed by atoms with Crippen LogP contribution in [0.4, 0.5) is 0 Å². The topological polar surface area (TPSA) is 47.3 Å². The summed E-state index contributed by atoms with van der Waals surface area (Å²) in [6.07, 6.45) is 0.810. The van der Waals surface area contributed by atoms with Gasteiger partial charge in [-0.25, -0.2) is 0 Å². The number of nitrogens with zero attached hydrogens (tertiary/aromatic N) is 2. The molecule has 0 fully saturated rings. The van der Waals surface area contributed by atoms with Crippen LogP contribution >= 0.6 is 0 Å². The van der Waals surface area contributed by atoms with Gasteiger partial charge >= 0.3 is 0 Å². The van der Waals surface area contributed by atoms with E-state index in [1.165, 1.54) is 0 Å². The first kappa shape index (κ1) is 13.2. The fourth-order valence-corrected chi connectivity index (χ4v) is 1.82. The number of rotatable bonds is 4. The lowest BCUT2D eigenvalue weighted by molar-refractivity contribution is -0.0923. The van der Waals surface area contributed by atoms with Crippen LogP contribution in [0.5, 0.6) is 0 Å². The van der Waals surface area contributed by atoms with E-state index >= 15 is 0 Å². The first-order valence-corrected chi connectivity index (χ1v) is 5.65. The number of hydrogen-bond acceptors (Lipinski definition) is 3. The first-order valence-electron chi connectivity index (χ1n) is 5.65. The Morgan fingerprint density at radius 3 is 2.50 bits per heavy atom. The fraction of sp³-hybridized carbons (Fsp3) is 0.750. The maximum absolute atomic E-state index is 10.3. The van der Waals surface area contributed by atoms with E-state index in [4.69, 9.17) is 4.74 Å². The van der Waals surface area contributed by atoms with Crippen molar-refractivity contribution in [2.75, 3.05) is 6.61 Å². The van der Waals surface area contributed by atoms with E-state index in [1.807, 2.05) is 20.0 Å². The summed E-state index contributed by atoms with van der Waals surface area (Å²) in [6, 6.07) is 1.82. The summed E-state index contributed by atoms with van der Waals surface area (Å²) in [4.78, 5) is 0. The summed E-state index contributed by atoms with van der Waals surface area (Å²) in [5.41, 5.74) is 0.674. The molecule has 0 aliphatic carbocycles. The van der Waals surface area contributed by atoms with Gasteiger partial charge in [-0.15, -0.1) is 0 Å². The molecule has 2 atom stereocenters. The van der Waals surface area contributed by atoms with Crippen molar-refractivity contribution in [1.29, 1.82) is 0 Å². The lowest BCUT2D eigenvalue weighted by atomic mass is 9.84. The molecular weight excluding hydrogens is 204 g/mol. The lowest BCUT2D eigenvalue weighted by Crippen LogP contribution is -2.36. The molecule has 4 nitrogen and oxygen atoms in total. The van der Waals surface area contributed by atoms with Crippen molar-refractivity contribution in [2.45, 2.75) is 39.9 Å². The molecular formula is C12H22N2O2. The smallest absolute Gasteiger partial charge is 0.122 e. The van der Waals surface area contributed by atoms with E-state index in [9.17, 15) is 5.11 Å². The minimum atomic E-state index is -0.646. The highest BCUT2D eigenvalue weighted by molar-refractivity contribution is 5.07. The Morgan fingerprint density at radius 1 is 1.50 bits per heavy atom. The van der Waals surface area contributed by atoms with Gasteiger partial charge in [-0.2, -0.15) is 5.10 Å². The van der Waals surface area contributed by atoms with Crippen LogP contribution in [0.1, 0.15) is 39.5 Å². The maximum atomic E-state index is 10.3. The highest BCUT2D eigenvalue weighted by Crippen LogP contribution is 2.32. The summed E-state index contributed by atoms with van der Waals surface area (Å²) in [7, 11) is 1.82. The molecule has 1 N–H and O–H groups in total. The largest absolute Gasteiger partial charge is 0.384 e. The zero-order valence-electron chi connectivity index (χ0n) is 10.8. The number of aliphatic hydroxyl groups is 1. The molecule has 0 saturated heterocycles. The third-order valence-electron chi connectivity index (χ3n) is 2.65. The second kappa shape index (κ2) is 4.97. The van der Waals surface area contributed by atoms with Crippen molar-refractivity contribution >= 4 is 0 Å². The van der Waals surface area contributed by atoms with Crippen LogP contribution in [0.2, 0.25) is 0 Å². The summed E-state index contributed by atoms with van der Waals surface area (Å²) in [5, 5.41) is 14.4. The van der Waals surface area contributed by atoms with Crippen molar-refractivity contribution in [3.05, 3.63) is 18.0 Å². The van der Waals surface area contributed by atoms with Gasteiger partial charge in [0.15, 0.2) is 0 Å². The molecule has 4 heteroatoms. The Labute approximate surface area is 97.2 Å². The number of aliphatic hydroxyl groups excluding tert-OH is 1. The van der Waals surface area contributed by atoms with Crippen LogP contribution < -0.4 is 0 Å². The van der Waals surface area contributed by atoms with Gasteiger partial charge in [-0.05, 0) is 18.4 Å². The molecule has 1 aromatic heterocycles. The van der Waals surface area contributed by atoms with Crippen molar-refractivity contribution in [3.63, 3.8) is 0 Å². The lowest BCUT2D eigenvalue weighted by Gasteiger charge is -2.34. The van der Waals surface area contributed by atoms with Gasteiger partial charge in [-0.1, -0.05) is 20.8 Å². The number of aromatic nitrogens is 2. The molecule has 0 radical (unpaired) electrons. The van der Waals surface area contributed by atoms with Gasteiger partial charge in [-0.3, -0.25) is 4.68 Å². The molecule has 0 bridgehead atoms. The Hall–Kier alpha value is -0.870. The molecule has 92 valence electrons. The van der Waals surface area contributed by atoms with E-state index in [0.717, 1.165) is 5.69 Å². The molecule has 0 saturated carbocycles. The Bertz CT molecular complexity index is 328. The third kappa shape index (κ3) is 2.83. The molecule has 0 aliphatic rings. The van der Waals surface area contributed by atoms with Crippen molar-refractivity contribution < 1.29 is 9.84 Å². The molecule has 2 unspecified atom stereocenters. The van der Waals surface area contributed by atoms with Gasteiger partial charge in [0.05, 0.1) is 11.8 Å². The number of aryl methyl sites for hydroxylation is 1. The second-order valence-corrected chi connectivity index (χ2v) is 5.07. The molecule has 0 amide bonds. The minimum absolute atomic E-state index is 0.111. The van der Waals surface area contributed by atoms with Crippen LogP contribution in [-0.2, 0) is 11.8 Å². The highest BCUT2D eigenvalue weighted by Gasteiger charge is 2.34. The highest BCUT2D eigenvalue weighted by atomic mass is 16.5. The summed E-state index contributed by atoms with van der Waals surface area (Å²) < 4.78 is 7.34. The molecule has 16 heavy (non-hydrogen) atoms. The predicted octanol–water partition coefficient (Wildman–Crippen LogP) is 1.90. The quantitative estimate of drug-likeness (QED) is 0.853. The molecule has 1 aromatic rings. The Kier molecular flexibility index (Phi) is 4.10. The monoisotopic (exact) mass is 226 g/mol. The van der Waals surface area contributed by atoms with E-state index in [-0.39, 0.29) is 11.5 Å². The van der Waals surface area contributed by atoms with E-state index < -0.39 is 6.10 Å². The SMILES string of the molecule is CCOC(C(O)c1ccnn1C)C(C)(C)C. The van der Waals surface area contributed by atoms with E-state index in [2.05, 4.69) is 25.9 Å². The Balaban J connectivity index is 2.92. The van der Waals surface area contributed by atoms with Crippen LogP contribution in [0, 0.1) is 5.41 Å². The summed E-state index contributed by atoms with van der Waals surface area (Å²) >= 11 is 0. The maximum Gasteiger partial charge on any atom is 0.122 e. The second-order valence-electron chi connectivity index (χ2n) is 5.07. The van der Waals surface area contributed by atoms with Crippen LogP contribution in [0.15, 0.2) is 12.3 Å². The van der Waals surface area contributed by atoms with Crippen LogP contribution in [-0.4, -0.2) is 27.6 Å². The van der Waals surface area contributed by atoms with E-state index in [0.29, 0.717) is 6.61 Å². The summed E-state index contributed by atoms with van der Waals surface area (Å²) in [5.74, 6) is 0. The molecule has 0 spiro atoms. The first-order chi connectivity index (χ1) is 7.38. The fourth-order valence-electron chi connectivity index (χ4n) is 1.82. The summed E-state index contributed by atoms with van der Waals surface area (Å²) in [6.45, 7) is 8.72. The normalized spacial score (nSPS) is 16.1. The molecule has 1 rings (SSSR count). The van der Waals surface area contributed by atoms with Crippen molar-refractivity contribution in [3.8, 4) is 0 Å². The van der Waals surface area contributed by atoms with Gasteiger partial charge < -0.3 is 9.84 Å². The molecule has 1 heterocycles. The van der Waals surface area contributed by atoms with Gasteiger partial charge in [0.1, 0.15) is 6.10 Å². The van der Waals surface area contributed by atoms with Crippen molar-refractivity contribution in [2.24, 2.45) is 12.5 Å². The van der Waals surface area contributed by atoms with E-state index in [1.54, 1.807) is 10.9 Å². The average molecular weight is 226 g/mol. The number of ether oxygens (including phenoxy) is 1. The van der Waals surface area contributed by atoms with Crippen LogP contribution in [0.25, 0.3) is 0 Å². The van der Waals surface area contributed by atoms with Gasteiger partial charge in [0.25, 0.3) is 0 Å². The van der Waals surface area contributed by atoms with Crippen molar-refractivity contribution in [1.82, 2.24) is 9.78 Å². The zero-order valence-corrected chi connectivity index (χ0v) is 10.8. The van der Waals surface area contributed by atoms with Gasteiger partial charge in [0.2, 0.25) is 0 Å². The molecule has 0 aliphatic heterocycles.